The topological polar surface area (TPSA) is 115 Å². The van der Waals surface area contributed by atoms with Gasteiger partial charge in [-0.2, -0.15) is 10.1 Å². The van der Waals surface area contributed by atoms with Crippen LogP contribution in [0.3, 0.4) is 0 Å². The smallest absolute Gasteiger partial charge is 0.431 e. The first-order chi connectivity index (χ1) is 17.4. The van der Waals surface area contributed by atoms with E-state index in [0.29, 0.717) is 29.3 Å². The molecule has 0 spiro atoms. The first-order valence-electron chi connectivity index (χ1n) is 11.1. The average Bonchev–Trinajstić information content (AvgIpc) is 2.89. The number of methoxy groups -OCH3 is 2. The Morgan fingerprint density at radius 1 is 1.08 bits per heavy atom. The maximum atomic E-state index is 12.7. The van der Waals surface area contributed by atoms with E-state index in [0.717, 1.165) is 11.1 Å². The van der Waals surface area contributed by atoms with Crippen LogP contribution in [0.2, 0.25) is 5.15 Å². The highest BCUT2D eigenvalue weighted by atomic mass is 35.5. The third-order valence-electron chi connectivity index (χ3n) is 5.42. The summed E-state index contributed by atoms with van der Waals surface area (Å²) in [7, 11) is 3.12. The van der Waals surface area contributed by atoms with Gasteiger partial charge in [-0.3, -0.25) is 4.79 Å². The number of nitrogens with zero attached hydrogens (tertiary/aromatic N) is 4. The largest absolute Gasteiger partial charge is 0.493 e. The number of hydrogen-bond donors (Lipinski definition) is 1. The molecule has 1 atom stereocenters. The minimum absolute atomic E-state index is 0.124. The third kappa shape index (κ3) is 5.55. The molecule has 2 amide bonds. The van der Waals surface area contributed by atoms with E-state index >= 15 is 0 Å². The zero-order chi connectivity index (χ0) is 25.7. The molecule has 2 heterocycles. The molecular weight excluding hydrogens is 486 g/mol. The summed E-state index contributed by atoms with van der Waals surface area (Å²) in [4.78, 5) is 25.2. The molecule has 36 heavy (non-hydrogen) atoms. The molecule has 1 unspecified atom stereocenters. The number of halogens is 1. The van der Waals surface area contributed by atoms with E-state index < -0.39 is 18.1 Å². The van der Waals surface area contributed by atoms with Crippen molar-refractivity contribution in [3.05, 3.63) is 76.6 Å². The molecule has 0 bridgehead atoms. The lowest BCUT2D eigenvalue weighted by molar-refractivity contribution is 0.0712. The monoisotopic (exact) mass is 509 g/mol. The lowest BCUT2D eigenvalue weighted by Gasteiger charge is -2.29. The summed E-state index contributed by atoms with van der Waals surface area (Å²) < 4.78 is 16.4. The van der Waals surface area contributed by atoms with Crippen LogP contribution in [0.15, 0.2) is 59.7 Å². The molecule has 2 aromatic carbocycles. The van der Waals surface area contributed by atoms with Crippen LogP contribution >= 0.6 is 11.6 Å². The van der Waals surface area contributed by atoms with Gasteiger partial charge in [0.1, 0.15) is 11.8 Å². The Morgan fingerprint density at radius 2 is 1.89 bits per heavy atom. The van der Waals surface area contributed by atoms with Crippen LogP contribution in [-0.4, -0.2) is 53.2 Å². The summed E-state index contributed by atoms with van der Waals surface area (Å²) in [6.45, 7) is 2.05. The molecule has 1 N–H and O–H groups in total. The van der Waals surface area contributed by atoms with Gasteiger partial charge in [0.25, 0.3) is 5.91 Å². The Morgan fingerprint density at radius 3 is 2.58 bits per heavy atom. The quantitative estimate of drug-likeness (QED) is 0.474. The fourth-order valence-corrected chi connectivity index (χ4v) is 3.74. The van der Waals surface area contributed by atoms with Gasteiger partial charge < -0.3 is 19.5 Å². The summed E-state index contributed by atoms with van der Waals surface area (Å²) in [6, 6.07) is 15.4. The molecule has 0 aliphatic carbocycles. The Labute approximate surface area is 212 Å². The Balaban J connectivity index is 1.56. The van der Waals surface area contributed by atoms with Crippen LogP contribution in [0.4, 0.5) is 10.5 Å². The van der Waals surface area contributed by atoms with Crippen LogP contribution in [-0.2, 0) is 11.3 Å². The second-order valence-corrected chi connectivity index (χ2v) is 8.18. The number of rotatable bonds is 8. The molecule has 1 aromatic heterocycles. The lowest BCUT2D eigenvalue weighted by atomic mass is 10.0. The van der Waals surface area contributed by atoms with Crippen molar-refractivity contribution in [1.82, 2.24) is 15.2 Å². The molecule has 1 aliphatic heterocycles. The highest BCUT2D eigenvalue weighted by molar-refractivity contribution is 6.29. The molecule has 10 nitrogen and oxygen atoms in total. The van der Waals surface area contributed by atoms with Gasteiger partial charge in [0, 0.05) is 11.3 Å². The van der Waals surface area contributed by atoms with E-state index in [9.17, 15) is 9.59 Å². The minimum Gasteiger partial charge on any atom is -0.493 e. The van der Waals surface area contributed by atoms with Crippen molar-refractivity contribution < 1.29 is 23.8 Å². The number of anilines is 1. The van der Waals surface area contributed by atoms with Crippen molar-refractivity contribution in [2.75, 3.05) is 19.5 Å². The lowest BCUT2D eigenvalue weighted by Crippen LogP contribution is -2.41. The van der Waals surface area contributed by atoms with E-state index in [-0.39, 0.29) is 17.4 Å². The fraction of sp³-hybridized carbons (Fsp3) is 0.240. The highest BCUT2D eigenvalue weighted by Gasteiger charge is 2.31. The van der Waals surface area contributed by atoms with Crippen LogP contribution < -0.4 is 14.8 Å². The van der Waals surface area contributed by atoms with Crippen molar-refractivity contribution in [3.63, 3.8) is 0 Å². The zero-order valence-electron chi connectivity index (χ0n) is 19.9. The third-order valence-corrected chi connectivity index (χ3v) is 5.62. The second-order valence-electron chi connectivity index (χ2n) is 7.79. The SMILES string of the molecule is CCC1OC(=O)N(Cc2cccc(NC(=O)c3ccc(Cl)nn3)c2)N=C1c1ccc(OC)c(OC)c1. The molecule has 0 fully saturated rings. The van der Waals surface area contributed by atoms with Crippen LogP contribution in [0.1, 0.15) is 35.0 Å². The number of nitrogens with one attached hydrogen (secondary N) is 1. The summed E-state index contributed by atoms with van der Waals surface area (Å²) in [5.41, 5.74) is 2.73. The second kappa shape index (κ2) is 11.0. The van der Waals surface area contributed by atoms with Gasteiger partial charge in [-0.25, -0.2) is 4.79 Å². The van der Waals surface area contributed by atoms with Gasteiger partial charge in [-0.05, 0) is 54.4 Å². The van der Waals surface area contributed by atoms with Gasteiger partial charge in [0.15, 0.2) is 22.3 Å². The number of aromatic nitrogens is 2. The van der Waals surface area contributed by atoms with Crippen LogP contribution in [0, 0.1) is 0 Å². The van der Waals surface area contributed by atoms with Crippen LogP contribution in [0.5, 0.6) is 11.5 Å². The van der Waals surface area contributed by atoms with E-state index in [1.807, 2.05) is 19.1 Å². The van der Waals surface area contributed by atoms with E-state index in [4.69, 9.17) is 25.8 Å². The first kappa shape index (κ1) is 24.9. The molecular formula is C25H24ClN5O5. The standard InChI is InChI=1S/C25H24ClN5O5/c1-4-19-23(16-8-10-20(34-2)21(13-16)35-3)30-31(25(33)36-19)14-15-6-5-7-17(12-15)27-24(32)18-9-11-22(26)29-28-18/h5-13,19H,4,14H2,1-3H3,(H,27,32). The van der Waals surface area contributed by atoms with E-state index in [1.54, 1.807) is 44.6 Å². The number of benzene rings is 2. The van der Waals surface area contributed by atoms with Gasteiger partial charge in [-0.15, -0.1) is 10.2 Å². The van der Waals surface area contributed by atoms with Gasteiger partial charge in [0.2, 0.25) is 0 Å². The Kier molecular flexibility index (Phi) is 7.65. The van der Waals surface area contributed by atoms with Crippen LogP contribution in [0.25, 0.3) is 0 Å². The average molecular weight is 510 g/mol. The summed E-state index contributed by atoms with van der Waals surface area (Å²) in [5.74, 6) is 0.695. The maximum Gasteiger partial charge on any atom is 0.431 e. The van der Waals surface area contributed by atoms with Crippen molar-refractivity contribution in [1.29, 1.82) is 0 Å². The Bertz CT molecular complexity index is 1300. The zero-order valence-corrected chi connectivity index (χ0v) is 20.7. The summed E-state index contributed by atoms with van der Waals surface area (Å²) in [6.07, 6.45) is -0.503. The number of ether oxygens (including phenoxy) is 3. The first-order valence-corrected chi connectivity index (χ1v) is 11.5. The molecule has 3 aromatic rings. The molecule has 0 saturated heterocycles. The number of carbonyl (C=O) groups is 2. The van der Waals surface area contributed by atoms with Gasteiger partial charge in [0.05, 0.1) is 20.8 Å². The normalized spacial score (nSPS) is 15.1. The summed E-state index contributed by atoms with van der Waals surface area (Å²) >= 11 is 5.73. The Hall–Kier alpha value is -4.18. The number of amides is 2. The minimum atomic E-state index is -0.558. The molecule has 0 radical (unpaired) electrons. The molecule has 11 heteroatoms. The number of hydrazone groups is 1. The summed E-state index contributed by atoms with van der Waals surface area (Å²) in [5, 5.41) is 16.3. The van der Waals surface area contributed by atoms with Crippen molar-refractivity contribution in [2.45, 2.75) is 26.0 Å². The molecule has 186 valence electrons. The molecule has 0 saturated carbocycles. The molecule has 4 rings (SSSR count). The fourth-order valence-electron chi connectivity index (χ4n) is 3.64. The van der Waals surface area contributed by atoms with Gasteiger partial charge >= 0.3 is 6.09 Å². The van der Waals surface area contributed by atoms with E-state index in [1.165, 1.54) is 17.1 Å². The maximum absolute atomic E-state index is 12.7. The van der Waals surface area contributed by atoms with Gasteiger partial charge in [-0.1, -0.05) is 30.7 Å². The number of hydrogen-bond acceptors (Lipinski definition) is 8. The van der Waals surface area contributed by atoms with Crippen molar-refractivity contribution in [2.24, 2.45) is 5.10 Å². The molecule has 1 aliphatic rings. The van der Waals surface area contributed by atoms with E-state index in [2.05, 4.69) is 20.6 Å². The highest BCUT2D eigenvalue weighted by Crippen LogP contribution is 2.30. The predicted octanol–water partition coefficient (Wildman–Crippen LogP) is 4.53. The number of cyclic esters (lactones) is 1. The van der Waals surface area contributed by atoms with Crippen molar-refractivity contribution >= 4 is 35.0 Å². The predicted molar refractivity (Wildman–Crippen MR) is 134 cm³/mol. The van der Waals surface area contributed by atoms with Crippen molar-refractivity contribution in [3.8, 4) is 11.5 Å². The number of carbonyl (C=O) groups excluding carboxylic acids is 2.